The number of aryl methyl sites for hydroxylation is 2. The largest absolute Gasteiger partial charge is 2.00 e. The molecule has 31 heteroatoms. The summed E-state index contributed by atoms with van der Waals surface area (Å²) in [7, 11) is -5.39. The summed E-state index contributed by atoms with van der Waals surface area (Å²) in [6.07, 6.45) is -5.75. The third kappa shape index (κ3) is 15.7. The van der Waals surface area contributed by atoms with Crippen LogP contribution < -0.4 is 59.9 Å². The van der Waals surface area contributed by atoms with Crippen molar-refractivity contribution in [2.45, 2.75) is 196 Å². The number of benzene rings is 1. The maximum Gasteiger partial charge on any atom is 2.00 e. The second kappa shape index (κ2) is 29.4. The van der Waals surface area contributed by atoms with Gasteiger partial charge in [0, 0.05) is 114 Å². The number of hydrogen-bond acceptors (Lipinski definition) is 20. The van der Waals surface area contributed by atoms with Crippen LogP contribution in [0.4, 0.5) is 0 Å². The number of fused-ring (bicyclic) bond motifs is 7. The van der Waals surface area contributed by atoms with E-state index in [0.717, 1.165) is 18.1 Å². The van der Waals surface area contributed by atoms with Gasteiger partial charge in [-0.2, -0.15) is 5.70 Å². The van der Waals surface area contributed by atoms with Crippen molar-refractivity contribution < 1.29 is 93.7 Å². The third-order valence-corrected chi connectivity index (χ3v) is 21.6. The summed E-state index contributed by atoms with van der Waals surface area (Å²) in [5, 5.41) is 43.5. The number of carbonyl (C=O) groups excluding carboxylic acids is 8. The minimum absolute atomic E-state index is 0. The molecule has 2 saturated heterocycles. The van der Waals surface area contributed by atoms with Crippen molar-refractivity contribution in [1.29, 1.82) is 0 Å². The van der Waals surface area contributed by atoms with Gasteiger partial charge in [0.15, 0.2) is 0 Å². The van der Waals surface area contributed by atoms with Crippen LogP contribution in [0, 0.1) is 59.2 Å². The molecule has 2 unspecified atom stereocenters. The maximum absolute atomic E-state index is 14.3. The topological polar surface area (TPSA) is 511 Å². The van der Waals surface area contributed by atoms with Crippen LogP contribution in [0.2, 0.25) is 0 Å². The molecule has 8 rings (SSSR count). The van der Waals surface area contributed by atoms with Gasteiger partial charge >= 0.3 is 16.8 Å². The first-order valence-electron chi connectivity index (χ1n) is 31.4. The Morgan fingerprint density at radius 3 is 1.91 bits per heavy atom. The van der Waals surface area contributed by atoms with Gasteiger partial charge in [-0.25, -0.2) is 4.98 Å². The number of carboxylic acids is 1. The van der Waals surface area contributed by atoms with Gasteiger partial charge in [0.2, 0.25) is 41.4 Å². The minimum Gasteiger partial charge on any atom is -0.853 e. The first-order chi connectivity index (χ1) is 43.6. The zero-order valence-corrected chi connectivity index (χ0v) is 57.7. The molecule has 29 nitrogen and oxygen atoms in total. The Kier molecular flexibility index (Phi) is 23.8. The van der Waals surface area contributed by atoms with Crippen molar-refractivity contribution in [3.8, 4) is 0 Å². The first kappa shape index (κ1) is 77.0. The van der Waals surface area contributed by atoms with Gasteiger partial charge < -0.3 is 88.4 Å². The number of aliphatic imine (C=N–C) groups is 3. The molecule has 1 aromatic heterocycles. The Bertz CT molecular complexity index is 3650. The number of phosphoric ester groups is 1. The van der Waals surface area contributed by atoms with Crippen LogP contribution in [0.25, 0.3) is 16.4 Å². The Hall–Kier alpha value is -7.02. The van der Waals surface area contributed by atoms with E-state index in [9.17, 15) is 53.2 Å². The second-order valence-corrected chi connectivity index (χ2v) is 28.8. The van der Waals surface area contributed by atoms with E-state index in [4.69, 9.17) is 78.4 Å². The smallest absolute Gasteiger partial charge is 0.853 e. The summed E-state index contributed by atoms with van der Waals surface area (Å²) < 4.78 is 31.5. The maximum atomic E-state index is 14.3. The van der Waals surface area contributed by atoms with Crippen molar-refractivity contribution in [3.63, 3.8) is 0 Å². The van der Waals surface area contributed by atoms with Gasteiger partial charge in [-0.15, -0.1) is 6.61 Å². The Morgan fingerprint density at radius 1 is 0.779 bits per heavy atom. The Morgan fingerprint density at radius 2 is 1.35 bits per heavy atom. The van der Waals surface area contributed by atoms with Crippen LogP contribution in [0.3, 0.4) is 0 Å². The molecule has 15 atom stereocenters. The van der Waals surface area contributed by atoms with E-state index in [1.807, 2.05) is 73.6 Å². The SMILES string of the molecule is C/C1=C2/[N-][C@H]([C@H](CC(N)=O)[C@@]2(C)CCC(=O)NCC(C)OP(=O)([O-])O[C@H]2[C@@H]([O-])[C@@H](n3cnc4cc(C)c(C)cc43)O[C@@H]2C[O-])[C@]2(C)N=C(/C(C)=C3N=C(/C=C4N=C1[C@@H](CCC(N)=O)C\4(C)C)[C@@H](CCC(N)=O)[C@]\3(C)CC(N)=O)[C@@H](CCC(N)=O)[C@]2(C)CC(N)=O.CC(=O)[O-].[Co+2]. The predicted molar refractivity (Wildman–Crippen MR) is 338 cm³/mol. The molecule has 1 radical (unpaired) electrons. The number of amides is 7. The number of aliphatic carboxylic acids is 1. The van der Waals surface area contributed by atoms with Crippen LogP contribution in [0.1, 0.15) is 157 Å². The number of rotatable bonds is 26. The standard InChI is InChI=1S/C62H88N13O14P.C2H4O2.Co/c1-29-20-39-40(21-30(29)2)75(28-70-39)57-52(84)53(41(27-76)87-57)89-90(85,86)88-31(3)26-69-49(83)18-19-59(8)37(22-46(66)80)56-62(11)61(10,25-48(68)82)36(14-17-45(65)79)51(74-62)33(5)55-60(9,24-47(67)81)34(12-15-43(63)77)38(71-55)23-42-58(6,7)35(13-16-44(64)78)50(72-42)32(4)54(59)73-56;1-2(3)4;/h20-21,23,28,31,34-37,41,52-53,56-57H,12-19,22,24-27H2,1-11H3,(H15,63,64,65,66,67,68,69,71,72,73,74,77,78,79,80,81,82,83,85,86);1H3,(H,3,4);/q-2;;+2/p-3/t31?,34-,35-,36-,37+,41-,52-,53-,56-,57+,59-,60+,61+,62+;;/m1../s1. The number of primary amides is 6. The van der Waals surface area contributed by atoms with Crippen LogP contribution in [0.15, 0.2) is 67.8 Å². The monoisotopic (exact) mass is 1390 g/mol. The fourth-order valence-corrected chi connectivity index (χ4v) is 16.4. The van der Waals surface area contributed by atoms with Gasteiger partial charge in [0.1, 0.15) is 6.23 Å². The number of allylic oxidation sites excluding steroid dienone is 6. The number of carbonyl (C=O) groups is 8. The van der Waals surface area contributed by atoms with Crippen molar-refractivity contribution in [2.75, 3.05) is 13.2 Å². The third-order valence-electron chi connectivity index (χ3n) is 20.4. The van der Waals surface area contributed by atoms with Crippen LogP contribution >= 0.6 is 7.82 Å². The first-order valence-corrected chi connectivity index (χ1v) is 32.8. The van der Waals surface area contributed by atoms with Crippen LogP contribution in [-0.4, -0.2) is 123 Å². The molecule has 523 valence electrons. The van der Waals surface area contributed by atoms with Crippen molar-refractivity contribution >= 4 is 83.3 Å². The van der Waals surface area contributed by atoms with E-state index < -0.39 is 156 Å². The molecule has 1 aromatic carbocycles. The number of ether oxygens (including phenoxy) is 1. The molecule has 8 bridgehead atoms. The van der Waals surface area contributed by atoms with Crippen molar-refractivity contribution in [2.24, 2.45) is 94.7 Å². The molecule has 7 amide bonds. The molecule has 2 fully saturated rings. The van der Waals surface area contributed by atoms with E-state index in [0.29, 0.717) is 56.4 Å². The summed E-state index contributed by atoms with van der Waals surface area (Å²) in [5.41, 5.74) is 36.4. The van der Waals surface area contributed by atoms with Gasteiger partial charge in [-0.05, 0) is 132 Å². The van der Waals surface area contributed by atoms with Crippen molar-refractivity contribution in [1.82, 2.24) is 14.9 Å². The zero-order chi connectivity index (χ0) is 70.3. The molecule has 13 N–H and O–H groups in total. The van der Waals surface area contributed by atoms with Gasteiger partial charge in [-0.3, -0.25) is 53.1 Å². The normalized spacial score (nSPS) is 32.7. The van der Waals surface area contributed by atoms with Crippen LogP contribution in [0.5, 0.6) is 0 Å². The van der Waals surface area contributed by atoms with Gasteiger partial charge in [0.05, 0.1) is 46.9 Å². The molecule has 6 aliphatic heterocycles. The predicted octanol–water partition coefficient (Wildman–Crippen LogP) is 0.805. The Balaban J connectivity index is 0.00000278. The number of nitrogens with zero attached hydrogens (tertiary/aromatic N) is 6. The van der Waals surface area contributed by atoms with E-state index >= 15 is 0 Å². The molecule has 6 aliphatic rings. The van der Waals surface area contributed by atoms with Gasteiger partial charge in [0.25, 0.3) is 7.82 Å². The molecule has 0 aliphatic carbocycles. The quantitative estimate of drug-likeness (QED) is 0.0641. The fourth-order valence-electron chi connectivity index (χ4n) is 15.3. The van der Waals surface area contributed by atoms with Gasteiger partial charge in [-0.1, -0.05) is 40.7 Å². The number of nitrogens with two attached hydrogens (primary N) is 6. The van der Waals surface area contributed by atoms with Crippen molar-refractivity contribution in [3.05, 3.63) is 69.2 Å². The molecule has 0 saturated carbocycles. The van der Waals surface area contributed by atoms with E-state index in [1.54, 1.807) is 13.8 Å². The summed E-state index contributed by atoms with van der Waals surface area (Å²) in [6, 6.07) is 2.57. The average Bonchev–Trinajstić information content (AvgIpc) is 1.53. The molecular formula is C64H89CoN13O16P-3. The summed E-state index contributed by atoms with van der Waals surface area (Å²) in [4.78, 5) is 137. The zero-order valence-electron chi connectivity index (χ0n) is 55.7. The Labute approximate surface area is 562 Å². The number of nitrogens with one attached hydrogen (secondary N) is 1. The second-order valence-electron chi connectivity index (χ2n) is 27.4. The van der Waals surface area contributed by atoms with E-state index in [-0.39, 0.29) is 87.4 Å². The number of imidazole rings is 1. The van der Waals surface area contributed by atoms with E-state index in [2.05, 4.69) is 10.3 Å². The average molecular weight is 1390 g/mol. The number of carboxylic acid groups (broad SMARTS) is 1. The van der Waals surface area contributed by atoms with E-state index in [1.165, 1.54) is 17.8 Å². The summed E-state index contributed by atoms with van der Waals surface area (Å²) >= 11 is 0. The fraction of sp³-hybridized carbons (Fsp3) is 0.625. The number of aromatic nitrogens is 2. The number of hydrogen-bond donors (Lipinski definition) is 7. The minimum atomic E-state index is -5.39. The molecule has 95 heavy (non-hydrogen) atoms. The summed E-state index contributed by atoms with van der Waals surface area (Å²) in [5.74, 6) is -8.56. The van der Waals surface area contributed by atoms with Crippen LogP contribution in [-0.2, 0) is 73.5 Å². The molecule has 0 spiro atoms. The summed E-state index contributed by atoms with van der Waals surface area (Å²) in [6.45, 7) is 19.5. The number of phosphoric acid groups is 1. The molecule has 7 heterocycles. The molecule has 2 aromatic rings. The molecular weight excluding hydrogens is 1300 g/mol.